The highest BCUT2D eigenvalue weighted by molar-refractivity contribution is 5.75. The SMILES string of the molecule is Cc1nc(CNC(=O)CCN2CCCCO2)nc2c1CCCC2. The first-order chi connectivity index (χ1) is 11.2. The third-order valence-electron chi connectivity index (χ3n) is 4.54. The number of fused-ring (bicyclic) bond motifs is 1. The first-order valence-electron chi connectivity index (χ1n) is 8.72. The number of amides is 1. The van der Waals surface area contributed by atoms with E-state index < -0.39 is 0 Å². The second-order valence-electron chi connectivity index (χ2n) is 6.35. The molecule has 0 spiro atoms. The number of carbonyl (C=O) groups excluding carboxylic acids is 1. The Morgan fingerprint density at radius 3 is 2.91 bits per heavy atom. The summed E-state index contributed by atoms with van der Waals surface area (Å²) < 4.78 is 0. The van der Waals surface area contributed by atoms with Crippen LogP contribution in [0.2, 0.25) is 0 Å². The zero-order chi connectivity index (χ0) is 16.1. The van der Waals surface area contributed by atoms with Crippen LogP contribution in [0.4, 0.5) is 0 Å². The monoisotopic (exact) mass is 318 g/mol. The van der Waals surface area contributed by atoms with Gasteiger partial charge >= 0.3 is 0 Å². The maximum absolute atomic E-state index is 12.0. The van der Waals surface area contributed by atoms with Crippen molar-refractivity contribution in [2.45, 2.75) is 58.4 Å². The number of rotatable bonds is 5. The van der Waals surface area contributed by atoms with E-state index in [0.29, 0.717) is 19.5 Å². The van der Waals surface area contributed by atoms with E-state index in [2.05, 4.69) is 15.3 Å². The van der Waals surface area contributed by atoms with Crippen molar-refractivity contribution >= 4 is 5.91 Å². The van der Waals surface area contributed by atoms with Crippen molar-refractivity contribution in [2.24, 2.45) is 0 Å². The molecule has 1 fully saturated rings. The number of nitrogens with one attached hydrogen (secondary N) is 1. The summed E-state index contributed by atoms with van der Waals surface area (Å²) >= 11 is 0. The van der Waals surface area contributed by atoms with E-state index in [0.717, 1.165) is 50.4 Å². The fourth-order valence-corrected chi connectivity index (χ4v) is 3.24. The molecule has 6 nitrogen and oxygen atoms in total. The Kier molecular flexibility index (Phi) is 5.56. The Morgan fingerprint density at radius 1 is 1.22 bits per heavy atom. The molecular formula is C17H26N4O2. The van der Waals surface area contributed by atoms with Gasteiger partial charge in [-0.25, -0.2) is 9.97 Å². The third kappa shape index (κ3) is 4.48. The lowest BCUT2D eigenvalue weighted by Gasteiger charge is -2.25. The molecule has 1 saturated heterocycles. The van der Waals surface area contributed by atoms with E-state index in [-0.39, 0.29) is 5.91 Å². The van der Waals surface area contributed by atoms with E-state index in [4.69, 9.17) is 4.84 Å². The lowest BCUT2D eigenvalue weighted by Crippen LogP contribution is -2.34. The average Bonchev–Trinajstić information content (AvgIpc) is 2.59. The van der Waals surface area contributed by atoms with Crippen LogP contribution in [0.1, 0.15) is 54.9 Å². The number of aryl methyl sites for hydroxylation is 2. The van der Waals surface area contributed by atoms with Gasteiger partial charge in [-0.15, -0.1) is 0 Å². The summed E-state index contributed by atoms with van der Waals surface area (Å²) in [7, 11) is 0. The van der Waals surface area contributed by atoms with Crippen LogP contribution in [0, 0.1) is 6.92 Å². The molecule has 1 N–H and O–H groups in total. The Balaban J connectivity index is 1.47. The third-order valence-corrected chi connectivity index (χ3v) is 4.54. The van der Waals surface area contributed by atoms with Gasteiger partial charge in [0.1, 0.15) is 5.82 Å². The van der Waals surface area contributed by atoms with Crippen molar-refractivity contribution in [3.8, 4) is 0 Å². The van der Waals surface area contributed by atoms with Crippen molar-refractivity contribution in [3.05, 3.63) is 22.8 Å². The summed E-state index contributed by atoms with van der Waals surface area (Å²) in [5.74, 6) is 0.754. The van der Waals surface area contributed by atoms with Crippen LogP contribution in [0.25, 0.3) is 0 Å². The summed E-state index contributed by atoms with van der Waals surface area (Å²) in [5.41, 5.74) is 3.56. The second-order valence-corrected chi connectivity index (χ2v) is 6.35. The molecule has 0 saturated carbocycles. The van der Waals surface area contributed by atoms with Crippen molar-refractivity contribution in [3.63, 3.8) is 0 Å². The standard InChI is InChI=1S/C17H26N4O2/c1-13-14-6-2-3-7-15(14)20-16(19-13)12-18-17(22)8-10-21-9-4-5-11-23-21/h2-12H2,1H3,(H,18,22). The molecule has 1 aliphatic carbocycles. The molecule has 2 aliphatic rings. The minimum atomic E-state index is 0.0261. The molecule has 0 unspecified atom stereocenters. The number of aromatic nitrogens is 2. The Labute approximate surface area is 137 Å². The molecule has 0 radical (unpaired) electrons. The van der Waals surface area contributed by atoms with Crippen molar-refractivity contribution in [1.82, 2.24) is 20.3 Å². The first-order valence-corrected chi connectivity index (χ1v) is 8.72. The summed E-state index contributed by atoms with van der Waals surface area (Å²) in [6.45, 7) is 4.79. The van der Waals surface area contributed by atoms with Gasteiger partial charge in [-0.05, 0) is 51.0 Å². The minimum Gasteiger partial charge on any atom is -0.349 e. The molecule has 6 heteroatoms. The second kappa shape index (κ2) is 7.84. The van der Waals surface area contributed by atoms with Gasteiger partial charge in [0.25, 0.3) is 0 Å². The Morgan fingerprint density at radius 2 is 2.09 bits per heavy atom. The van der Waals surface area contributed by atoms with Gasteiger partial charge in [-0.3, -0.25) is 9.63 Å². The summed E-state index contributed by atoms with van der Waals surface area (Å²) in [6, 6.07) is 0. The van der Waals surface area contributed by atoms with E-state index in [1.54, 1.807) is 0 Å². The van der Waals surface area contributed by atoms with Crippen LogP contribution in [-0.2, 0) is 29.0 Å². The van der Waals surface area contributed by atoms with Crippen LogP contribution in [0.5, 0.6) is 0 Å². The summed E-state index contributed by atoms with van der Waals surface area (Å²) in [4.78, 5) is 26.7. The van der Waals surface area contributed by atoms with Gasteiger partial charge < -0.3 is 5.32 Å². The fraction of sp³-hybridized carbons (Fsp3) is 0.706. The van der Waals surface area contributed by atoms with Crippen LogP contribution < -0.4 is 5.32 Å². The number of carbonyl (C=O) groups is 1. The molecule has 126 valence electrons. The topological polar surface area (TPSA) is 67.4 Å². The van der Waals surface area contributed by atoms with Crippen molar-refractivity contribution < 1.29 is 9.63 Å². The molecule has 1 aromatic rings. The molecule has 0 atom stereocenters. The molecule has 1 aromatic heterocycles. The highest BCUT2D eigenvalue weighted by Crippen LogP contribution is 2.21. The number of hydrogen-bond donors (Lipinski definition) is 1. The zero-order valence-corrected chi connectivity index (χ0v) is 13.9. The van der Waals surface area contributed by atoms with Crippen LogP contribution in [-0.4, -0.2) is 40.6 Å². The highest BCUT2D eigenvalue weighted by Gasteiger charge is 2.16. The smallest absolute Gasteiger partial charge is 0.221 e. The normalized spacial score (nSPS) is 18.5. The predicted molar refractivity (Wildman–Crippen MR) is 86.6 cm³/mol. The van der Waals surface area contributed by atoms with Crippen LogP contribution >= 0.6 is 0 Å². The van der Waals surface area contributed by atoms with Crippen LogP contribution in [0.15, 0.2) is 0 Å². The lowest BCUT2D eigenvalue weighted by molar-refractivity contribution is -0.181. The molecule has 1 amide bonds. The van der Waals surface area contributed by atoms with Crippen LogP contribution in [0.3, 0.4) is 0 Å². The summed E-state index contributed by atoms with van der Waals surface area (Å²) in [5, 5.41) is 4.82. The maximum Gasteiger partial charge on any atom is 0.221 e. The minimum absolute atomic E-state index is 0.0261. The molecule has 2 heterocycles. The van der Waals surface area contributed by atoms with Gasteiger partial charge in [0.15, 0.2) is 0 Å². The average molecular weight is 318 g/mol. The van der Waals surface area contributed by atoms with Crippen molar-refractivity contribution in [1.29, 1.82) is 0 Å². The maximum atomic E-state index is 12.0. The number of nitrogens with zero attached hydrogens (tertiary/aromatic N) is 3. The van der Waals surface area contributed by atoms with Crippen molar-refractivity contribution in [2.75, 3.05) is 19.7 Å². The Bertz CT molecular complexity index is 556. The predicted octanol–water partition coefficient (Wildman–Crippen LogP) is 1.70. The van der Waals surface area contributed by atoms with E-state index in [1.807, 2.05) is 12.0 Å². The molecule has 23 heavy (non-hydrogen) atoms. The van der Waals surface area contributed by atoms with Gasteiger partial charge in [-0.1, -0.05) is 0 Å². The largest absolute Gasteiger partial charge is 0.349 e. The zero-order valence-electron chi connectivity index (χ0n) is 13.9. The number of hydroxylamine groups is 2. The van der Waals surface area contributed by atoms with E-state index in [9.17, 15) is 4.79 Å². The first kappa shape index (κ1) is 16.3. The highest BCUT2D eigenvalue weighted by atomic mass is 16.7. The van der Waals surface area contributed by atoms with Gasteiger partial charge in [0.05, 0.1) is 13.2 Å². The summed E-state index contributed by atoms with van der Waals surface area (Å²) in [6.07, 6.45) is 7.25. The van der Waals surface area contributed by atoms with Gasteiger partial charge in [0.2, 0.25) is 5.91 Å². The fourth-order valence-electron chi connectivity index (χ4n) is 3.24. The number of hydrogen-bond acceptors (Lipinski definition) is 5. The Hall–Kier alpha value is -1.53. The van der Waals surface area contributed by atoms with E-state index in [1.165, 1.54) is 24.1 Å². The molecule has 0 aromatic carbocycles. The molecule has 0 bridgehead atoms. The lowest BCUT2D eigenvalue weighted by atomic mass is 9.95. The van der Waals surface area contributed by atoms with Gasteiger partial charge in [-0.2, -0.15) is 5.06 Å². The quantitative estimate of drug-likeness (QED) is 0.895. The molecule has 3 rings (SSSR count). The van der Waals surface area contributed by atoms with Gasteiger partial charge in [0, 0.05) is 30.9 Å². The van der Waals surface area contributed by atoms with E-state index >= 15 is 0 Å². The molecular weight excluding hydrogens is 292 g/mol. The molecule has 1 aliphatic heterocycles.